The molecule has 0 atom stereocenters. The fourth-order valence-corrected chi connectivity index (χ4v) is 2.02. The summed E-state index contributed by atoms with van der Waals surface area (Å²) in [4.78, 5) is 0. The van der Waals surface area contributed by atoms with Crippen LogP contribution in [0.2, 0.25) is 10.0 Å². The molecule has 90 valence electrons. The first-order valence-corrected chi connectivity index (χ1v) is 5.98. The summed E-state index contributed by atoms with van der Waals surface area (Å²) in [7, 11) is 0. The van der Waals surface area contributed by atoms with Crippen molar-refractivity contribution in [1.82, 2.24) is 0 Å². The van der Waals surface area contributed by atoms with Gasteiger partial charge < -0.3 is 9.52 Å². The molecule has 2 aromatic rings. The molecule has 1 N–H and O–H groups in total. The molecule has 0 aliphatic carbocycles. The van der Waals surface area contributed by atoms with Gasteiger partial charge in [0, 0.05) is 6.42 Å². The molecule has 0 saturated heterocycles. The van der Waals surface area contributed by atoms with Crippen LogP contribution in [0.15, 0.2) is 28.9 Å². The van der Waals surface area contributed by atoms with Gasteiger partial charge in [0.1, 0.15) is 12.4 Å². The Labute approximate surface area is 110 Å². The van der Waals surface area contributed by atoms with Crippen LogP contribution in [0.5, 0.6) is 0 Å². The van der Waals surface area contributed by atoms with E-state index in [4.69, 9.17) is 32.7 Å². The minimum absolute atomic E-state index is 0.0762. The maximum absolute atomic E-state index is 9.05. The van der Waals surface area contributed by atoms with Crippen LogP contribution in [0, 0.1) is 6.92 Å². The molecule has 17 heavy (non-hydrogen) atoms. The van der Waals surface area contributed by atoms with Crippen LogP contribution >= 0.6 is 23.2 Å². The van der Waals surface area contributed by atoms with Gasteiger partial charge in [-0.25, -0.2) is 0 Å². The van der Waals surface area contributed by atoms with Crippen LogP contribution in [0.4, 0.5) is 0 Å². The minimum atomic E-state index is -0.0762. The highest BCUT2D eigenvalue weighted by Crippen LogP contribution is 2.25. The van der Waals surface area contributed by atoms with Gasteiger partial charge in [-0.3, -0.25) is 0 Å². The van der Waals surface area contributed by atoms with Gasteiger partial charge in [-0.1, -0.05) is 29.3 Å². The van der Waals surface area contributed by atoms with Gasteiger partial charge in [0.2, 0.25) is 0 Å². The lowest BCUT2D eigenvalue weighted by Gasteiger charge is -2.02. The van der Waals surface area contributed by atoms with Crippen molar-refractivity contribution in [2.24, 2.45) is 0 Å². The van der Waals surface area contributed by atoms with Crippen LogP contribution in [-0.4, -0.2) is 5.11 Å². The fourth-order valence-electron chi connectivity index (χ4n) is 1.70. The Hall–Kier alpha value is -0.960. The van der Waals surface area contributed by atoms with E-state index in [0.717, 1.165) is 16.7 Å². The Kier molecular flexibility index (Phi) is 3.77. The maximum Gasteiger partial charge on any atom is 0.132 e. The Morgan fingerprint density at radius 3 is 2.59 bits per heavy atom. The second-order valence-corrected chi connectivity index (χ2v) is 4.71. The third kappa shape index (κ3) is 2.65. The average molecular weight is 271 g/mol. The van der Waals surface area contributed by atoms with Crippen LogP contribution in [0.1, 0.15) is 22.5 Å². The summed E-state index contributed by atoms with van der Waals surface area (Å²) in [6.07, 6.45) is 2.38. The molecule has 0 spiro atoms. The SMILES string of the molecule is Cc1c(Cc2ccc(Cl)c(Cl)c2)coc1CO. The number of rotatable bonds is 3. The van der Waals surface area contributed by atoms with E-state index in [-0.39, 0.29) is 6.61 Å². The molecule has 1 aromatic heterocycles. The molecule has 1 heterocycles. The molecule has 0 saturated carbocycles. The molecule has 0 bridgehead atoms. The first-order valence-electron chi connectivity index (χ1n) is 5.22. The van der Waals surface area contributed by atoms with Crippen LogP contribution in [0.3, 0.4) is 0 Å². The van der Waals surface area contributed by atoms with E-state index in [1.165, 1.54) is 0 Å². The second-order valence-electron chi connectivity index (χ2n) is 3.89. The quantitative estimate of drug-likeness (QED) is 0.916. The van der Waals surface area contributed by atoms with Gasteiger partial charge in [0.15, 0.2) is 0 Å². The van der Waals surface area contributed by atoms with E-state index in [9.17, 15) is 0 Å². The van der Waals surface area contributed by atoms with Crippen molar-refractivity contribution < 1.29 is 9.52 Å². The van der Waals surface area contributed by atoms with Crippen molar-refractivity contribution >= 4 is 23.2 Å². The Morgan fingerprint density at radius 2 is 2.00 bits per heavy atom. The predicted octanol–water partition coefficient (Wildman–Crippen LogP) is 3.98. The molecular weight excluding hydrogens is 259 g/mol. The zero-order valence-electron chi connectivity index (χ0n) is 9.34. The standard InChI is InChI=1S/C13H12Cl2O2/c1-8-10(7-17-13(8)6-16)4-9-2-3-11(14)12(15)5-9/h2-3,5,7,16H,4,6H2,1H3. The van der Waals surface area contributed by atoms with Crippen LogP contribution in [-0.2, 0) is 13.0 Å². The summed E-state index contributed by atoms with van der Waals surface area (Å²) in [6.45, 7) is 1.86. The summed E-state index contributed by atoms with van der Waals surface area (Å²) in [5, 5.41) is 10.1. The summed E-state index contributed by atoms with van der Waals surface area (Å²) in [5.41, 5.74) is 3.10. The molecule has 0 aliphatic rings. The molecule has 0 fully saturated rings. The van der Waals surface area contributed by atoms with Crippen molar-refractivity contribution in [2.75, 3.05) is 0 Å². The van der Waals surface area contributed by atoms with Crippen molar-refractivity contribution in [3.05, 3.63) is 57.0 Å². The first-order chi connectivity index (χ1) is 8.11. The minimum Gasteiger partial charge on any atom is -0.466 e. The lowest BCUT2D eigenvalue weighted by molar-refractivity contribution is 0.246. The van der Waals surface area contributed by atoms with Gasteiger partial charge in [-0.2, -0.15) is 0 Å². The fraction of sp³-hybridized carbons (Fsp3) is 0.231. The normalized spacial score (nSPS) is 10.8. The highest BCUT2D eigenvalue weighted by Gasteiger charge is 2.09. The highest BCUT2D eigenvalue weighted by molar-refractivity contribution is 6.42. The zero-order chi connectivity index (χ0) is 12.4. The number of aliphatic hydroxyl groups is 1. The van der Waals surface area contributed by atoms with Crippen LogP contribution < -0.4 is 0 Å². The Balaban J connectivity index is 2.25. The lowest BCUT2D eigenvalue weighted by atomic mass is 10.0. The third-order valence-corrected chi connectivity index (χ3v) is 3.50. The molecule has 0 unspecified atom stereocenters. The van der Waals surface area contributed by atoms with Crippen molar-refractivity contribution in [2.45, 2.75) is 20.0 Å². The maximum atomic E-state index is 9.05. The molecule has 0 aliphatic heterocycles. The monoisotopic (exact) mass is 270 g/mol. The molecule has 1 aromatic carbocycles. The lowest BCUT2D eigenvalue weighted by Crippen LogP contribution is -1.90. The summed E-state index contributed by atoms with van der Waals surface area (Å²) < 4.78 is 5.26. The highest BCUT2D eigenvalue weighted by atomic mass is 35.5. The summed E-state index contributed by atoms with van der Waals surface area (Å²) in [5.74, 6) is 0.611. The number of aliphatic hydroxyl groups excluding tert-OH is 1. The van der Waals surface area contributed by atoms with Crippen molar-refractivity contribution in [1.29, 1.82) is 0 Å². The molecule has 4 heteroatoms. The number of halogens is 2. The molecule has 2 rings (SSSR count). The van der Waals surface area contributed by atoms with Gasteiger partial charge in [-0.05, 0) is 35.7 Å². The molecule has 2 nitrogen and oxygen atoms in total. The number of furan rings is 1. The largest absolute Gasteiger partial charge is 0.466 e. The zero-order valence-corrected chi connectivity index (χ0v) is 10.8. The number of hydrogen-bond acceptors (Lipinski definition) is 2. The van der Waals surface area contributed by atoms with Crippen molar-refractivity contribution in [3.8, 4) is 0 Å². The third-order valence-electron chi connectivity index (χ3n) is 2.77. The van der Waals surface area contributed by atoms with Gasteiger partial charge >= 0.3 is 0 Å². The number of hydrogen-bond donors (Lipinski definition) is 1. The molecule has 0 amide bonds. The topological polar surface area (TPSA) is 33.4 Å². The number of benzene rings is 1. The van der Waals surface area contributed by atoms with E-state index in [2.05, 4.69) is 0 Å². The Bertz CT molecular complexity index is 532. The van der Waals surface area contributed by atoms with E-state index in [1.54, 1.807) is 12.3 Å². The van der Waals surface area contributed by atoms with Gasteiger partial charge in [-0.15, -0.1) is 0 Å². The average Bonchev–Trinajstić information content (AvgIpc) is 2.65. The van der Waals surface area contributed by atoms with E-state index in [0.29, 0.717) is 22.2 Å². The second kappa shape index (κ2) is 5.13. The van der Waals surface area contributed by atoms with E-state index in [1.807, 2.05) is 19.1 Å². The smallest absolute Gasteiger partial charge is 0.132 e. The van der Waals surface area contributed by atoms with E-state index >= 15 is 0 Å². The van der Waals surface area contributed by atoms with E-state index < -0.39 is 0 Å². The van der Waals surface area contributed by atoms with Crippen LogP contribution in [0.25, 0.3) is 0 Å². The molecule has 0 radical (unpaired) electrons. The first kappa shape index (κ1) is 12.5. The van der Waals surface area contributed by atoms with Gasteiger partial charge in [0.05, 0.1) is 16.3 Å². The van der Waals surface area contributed by atoms with Gasteiger partial charge in [0.25, 0.3) is 0 Å². The summed E-state index contributed by atoms with van der Waals surface area (Å²) in [6, 6.07) is 5.55. The summed E-state index contributed by atoms with van der Waals surface area (Å²) >= 11 is 11.8. The van der Waals surface area contributed by atoms with Crippen molar-refractivity contribution in [3.63, 3.8) is 0 Å². The Morgan fingerprint density at radius 1 is 1.24 bits per heavy atom. The predicted molar refractivity (Wildman–Crippen MR) is 68.6 cm³/mol. The molecular formula is C13H12Cl2O2.